The minimum absolute atomic E-state index is 0.121. The summed E-state index contributed by atoms with van der Waals surface area (Å²) >= 11 is 0. The Morgan fingerprint density at radius 2 is 0.967 bits per heavy atom. The highest BCUT2D eigenvalue weighted by Crippen LogP contribution is 2.22. The maximum atomic E-state index is 12.7. The Morgan fingerprint density at radius 3 is 1.45 bits per heavy atom. The highest BCUT2D eigenvalue weighted by molar-refractivity contribution is 5.70. The zero-order chi connectivity index (χ0) is 43.7. The normalized spacial score (nSPS) is 20.3. The van der Waals surface area contributed by atoms with Gasteiger partial charge in [-0.1, -0.05) is 172 Å². The van der Waals surface area contributed by atoms with Gasteiger partial charge in [0.25, 0.3) is 0 Å². The van der Waals surface area contributed by atoms with Crippen LogP contribution in [-0.2, 0) is 28.5 Å². The third kappa shape index (κ3) is 31.5. The van der Waals surface area contributed by atoms with Crippen LogP contribution in [0.15, 0.2) is 48.6 Å². The summed E-state index contributed by atoms with van der Waals surface area (Å²) in [6, 6.07) is 0. The Balaban J connectivity index is 2.30. The Labute approximate surface area is 365 Å². The molecule has 1 aliphatic rings. The fraction of sp³-hybridized carbons (Fsp3) is 0.800. The number of aliphatic hydroxyl groups excluding tert-OH is 4. The summed E-state index contributed by atoms with van der Waals surface area (Å²) in [6.07, 6.45) is 41.4. The summed E-state index contributed by atoms with van der Waals surface area (Å²) in [4.78, 5) is 25.3. The van der Waals surface area contributed by atoms with Gasteiger partial charge in [0.05, 0.1) is 13.2 Å². The van der Waals surface area contributed by atoms with Crippen LogP contribution in [0, 0.1) is 0 Å². The summed E-state index contributed by atoms with van der Waals surface area (Å²) < 4.78 is 22.1. The smallest absolute Gasteiger partial charge is 0.306 e. The molecule has 0 aromatic carbocycles. The first-order chi connectivity index (χ1) is 29.3. The SMILES string of the molecule is CCCCCCCC/C=C/C/C=C/CCC(=O)OC(COC(=O)CCCCCCCCC/C=C/C/C=C/CCCCCCCCCC)CO[C@H]1O[C@@H](CO)[C@@H](O)C(O)C1O. The van der Waals surface area contributed by atoms with E-state index >= 15 is 0 Å². The molecule has 10 heteroatoms. The molecule has 0 bridgehead atoms. The summed E-state index contributed by atoms with van der Waals surface area (Å²) in [7, 11) is 0. The standard InChI is InChI=1S/C50H88O10/c1-3-5-7-9-11-13-15-17-18-19-20-21-22-23-24-25-27-28-30-32-34-36-38-45(52)57-41-43(42-58-50-49(56)48(55)47(54)44(40-51)60-50)59-46(53)39-37-35-33-31-29-26-16-14-12-10-8-6-4-2/h19-20,22-23,26,29,33,35,43-44,47-51,54-56H,3-18,21,24-25,27-28,30-32,34,36-42H2,1-2H3/b20-19+,23-22+,29-26+,35-33+/t43?,44-,47+,48?,49?,50-/m0/s1. The zero-order valence-electron chi connectivity index (χ0n) is 37.9. The van der Waals surface area contributed by atoms with Crippen molar-refractivity contribution in [3.8, 4) is 0 Å². The molecule has 4 N–H and O–H groups in total. The van der Waals surface area contributed by atoms with E-state index in [0.29, 0.717) is 12.8 Å². The molecule has 0 radical (unpaired) electrons. The predicted octanol–water partition coefficient (Wildman–Crippen LogP) is 10.8. The molecule has 0 spiro atoms. The van der Waals surface area contributed by atoms with Gasteiger partial charge < -0.3 is 39.4 Å². The van der Waals surface area contributed by atoms with E-state index in [1.807, 2.05) is 12.2 Å². The first-order valence-electron chi connectivity index (χ1n) is 24.2. The lowest BCUT2D eigenvalue weighted by Crippen LogP contribution is -2.59. The first-order valence-corrected chi connectivity index (χ1v) is 24.2. The van der Waals surface area contributed by atoms with Gasteiger partial charge in [0.15, 0.2) is 12.4 Å². The highest BCUT2D eigenvalue weighted by atomic mass is 16.7. The summed E-state index contributed by atoms with van der Waals surface area (Å²) in [5.74, 6) is -0.893. The van der Waals surface area contributed by atoms with E-state index in [-0.39, 0.29) is 26.1 Å². The van der Waals surface area contributed by atoms with Crippen LogP contribution in [0.5, 0.6) is 0 Å². The van der Waals surface area contributed by atoms with Crippen LogP contribution in [0.1, 0.15) is 200 Å². The molecule has 60 heavy (non-hydrogen) atoms. The van der Waals surface area contributed by atoms with E-state index in [9.17, 15) is 30.0 Å². The minimum atomic E-state index is -1.61. The molecule has 0 saturated carbocycles. The Hall–Kier alpha value is -2.34. The molecule has 10 nitrogen and oxygen atoms in total. The molecule has 0 aromatic rings. The molecule has 1 rings (SSSR count). The maximum Gasteiger partial charge on any atom is 0.306 e. The van der Waals surface area contributed by atoms with E-state index in [1.54, 1.807) is 0 Å². The van der Waals surface area contributed by atoms with E-state index in [2.05, 4.69) is 50.3 Å². The number of aliphatic hydroxyl groups is 4. The number of unbranched alkanes of at least 4 members (excludes halogenated alkanes) is 21. The average Bonchev–Trinajstić information content (AvgIpc) is 3.25. The van der Waals surface area contributed by atoms with Crippen molar-refractivity contribution in [2.24, 2.45) is 0 Å². The van der Waals surface area contributed by atoms with Gasteiger partial charge in [-0.25, -0.2) is 0 Å². The van der Waals surface area contributed by atoms with Gasteiger partial charge >= 0.3 is 11.9 Å². The van der Waals surface area contributed by atoms with E-state index in [0.717, 1.165) is 44.9 Å². The summed E-state index contributed by atoms with van der Waals surface area (Å²) in [6.45, 7) is 3.35. The molecule has 6 atom stereocenters. The van der Waals surface area contributed by atoms with Gasteiger partial charge in [0.2, 0.25) is 0 Å². The van der Waals surface area contributed by atoms with Crippen molar-refractivity contribution in [1.82, 2.24) is 0 Å². The molecule has 0 aromatic heterocycles. The quantitative estimate of drug-likeness (QED) is 0.0266. The molecule has 1 fully saturated rings. The maximum absolute atomic E-state index is 12.7. The van der Waals surface area contributed by atoms with Crippen LogP contribution >= 0.6 is 0 Å². The van der Waals surface area contributed by atoms with Crippen molar-refractivity contribution in [3.63, 3.8) is 0 Å². The number of rotatable bonds is 40. The average molecular weight is 849 g/mol. The van der Waals surface area contributed by atoms with E-state index in [4.69, 9.17) is 18.9 Å². The summed E-state index contributed by atoms with van der Waals surface area (Å²) in [5.41, 5.74) is 0. The van der Waals surface area contributed by atoms with Crippen molar-refractivity contribution in [2.75, 3.05) is 19.8 Å². The molecule has 0 aliphatic carbocycles. The van der Waals surface area contributed by atoms with Gasteiger partial charge in [-0.3, -0.25) is 9.59 Å². The first kappa shape index (κ1) is 55.7. The summed E-state index contributed by atoms with van der Waals surface area (Å²) in [5, 5.41) is 40.1. The molecule has 1 heterocycles. The number of carbonyl (C=O) groups excluding carboxylic acids is 2. The number of allylic oxidation sites excluding steroid dienone is 8. The van der Waals surface area contributed by atoms with Crippen LogP contribution in [-0.4, -0.2) is 89.0 Å². The minimum Gasteiger partial charge on any atom is -0.462 e. The number of hydrogen-bond acceptors (Lipinski definition) is 10. The van der Waals surface area contributed by atoms with Crippen molar-refractivity contribution in [1.29, 1.82) is 0 Å². The Morgan fingerprint density at radius 1 is 0.517 bits per heavy atom. The monoisotopic (exact) mass is 849 g/mol. The van der Waals surface area contributed by atoms with Crippen LogP contribution in [0.25, 0.3) is 0 Å². The van der Waals surface area contributed by atoms with E-state index in [1.165, 1.54) is 116 Å². The molecule has 3 unspecified atom stereocenters. The topological polar surface area (TPSA) is 152 Å². The lowest BCUT2D eigenvalue weighted by molar-refractivity contribution is -0.305. The van der Waals surface area contributed by atoms with Crippen molar-refractivity contribution >= 4 is 11.9 Å². The highest BCUT2D eigenvalue weighted by Gasteiger charge is 2.44. The second kappa shape index (κ2) is 40.7. The molecule has 348 valence electrons. The molecule has 0 amide bonds. The van der Waals surface area contributed by atoms with E-state index < -0.39 is 55.4 Å². The van der Waals surface area contributed by atoms with Crippen LogP contribution < -0.4 is 0 Å². The van der Waals surface area contributed by atoms with Crippen molar-refractivity contribution in [2.45, 2.75) is 237 Å². The Bertz CT molecular complexity index is 1120. The zero-order valence-corrected chi connectivity index (χ0v) is 37.9. The van der Waals surface area contributed by atoms with Crippen LogP contribution in [0.3, 0.4) is 0 Å². The van der Waals surface area contributed by atoms with Crippen molar-refractivity contribution in [3.05, 3.63) is 48.6 Å². The van der Waals surface area contributed by atoms with Gasteiger partial charge in [-0.2, -0.15) is 0 Å². The fourth-order valence-corrected chi connectivity index (χ4v) is 7.09. The lowest BCUT2D eigenvalue weighted by atomic mass is 9.99. The number of hydrogen-bond donors (Lipinski definition) is 4. The van der Waals surface area contributed by atoms with Gasteiger partial charge in [0.1, 0.15) is 31.0 Å². The predicted molar refractivity (Wildman–Crippen MR) is 242 cm³/mol. The molecule has 1 saturated heterocycles. The third-order valence-electron chi connectivity index (χ3n) is 10.9. The second-order valence-corrected chi connectivity index (χ2v) is 16.6. The van der Waals surface area contributed by atoms with Gasteiger partial charge in [0, 0.05) is 12.8 Å². The Kier molecular flexibility index (Phi) is 37.8. The van der Waals surface area contributed by atoms with Gasteiger partial charge in [-0.05, 0) is 64.2 Å². The molecular formula is C50H88O10. The number of esters is 2. The second-order valence-electron chi connectivity index (χ2n) is 16.6. The largest absolute Gasteiger partial charge is 0.462 e. The number of ether oxygens (including phenoxy) is 4. The third-order valence-corrected chi connectivity index (χ3v) is 10.9. The molecular weight excluding hydrogens is 761 g/mol. The van der Waals surface area contributed by atoms with Gasteiger partial charge in [-0.15, -0.1) is 0 Å². The lowest BCUT2D eigenvalue weighted by Gasteiger charge is -2.39. The molecule has 1 aliphatic heterocycles. The van der Waals surface area contributed by atoms with Crippen molar-refractivity contribution < 1.29 is 49.0 Å². The van der Waals surface area contributed by atoms with Crippen LogP contribution in [0.2, 0.25) is 0 Å². The fourth-order valence-electron chi connectivity index (χ4n) is 7.09. The number of carbonyl (C=O) groups is 2. The van der Waals surface area contributed by atoms with Crippen LogP contribution in [0.4, 0.5) is 0 Å².